The Morgan fingerprint density at radius 1 is 1.04 bits per heavy atom. The number of ether oxygens (including phenoxy) is 1. The van der Waals surface area contributed by atoms with Gasteiger partial charge in [0.2, 0.25) is 0 Å². The highest BCUT2D eigenvalue weighted by molar-refractivity contribution is 5.29. The lowest BCUT2D eigenvalue weighted by molar-refractivity contribution is 0.281. The number of allylic oxidation sites excluding steroid dienone is 2. The van der Waals surface area contributed by atoms with E-state index >= 15 is 0 Å². The second kappa shape index (κ2) is 11.3. The van der Waals surface area contributed by atoms with Crippen molar-refractivity contribution in [1.82, 2.24) is 9.47 Å². The molecule has 2 rings (SSSR count). The number of rotatable bonds is 3. The van der Waals surface area contributed by atoms with E-state index in [4.69, 9.17) is 4.74 Å². The second-order valence-corrected chi connectivity index (χ2v) is 6.11. The predicted molar refractivity (Wildman–Crippen MR) is 108 cm³/mol. The maximum absolute atomic E-state index is 11.2. The summed E-state index contributed by atoms with van der Waals surface area (Å²) in [6.07, 6.45) is 7.72. The summed E-state index contributed by atoms with van der Waals surface area (Å²) in [5.41, 5.74) is 2.20. The van der Waals surface area contributed by atoms with Crippen LogP contribution in [0.4, 0.5) is 0 Å². The lowest BCUT2D eigenvalue weighted by Gasteiger charge is -2.28. The molecule has 1 aliphatic heterocycles. The molecule has 4 heteroatoms. The average Bonchev–Trinajstić information content (AvgIpc) is 2.59. The summed E-state index contributed by atoms with van der Waals surface area (Å²) in [5.74, 6) is 0.871. The highest BCUT2D eigenvalue weighted by atomic mass is 16.5. The largest absolute Gasteiger partial charge is 0.495 e. The van der Waals surface area contributed by atoms with Crippen molar-refractivity contribution in [3.05, 3.63) is 70.6 Å². The fourth-order valence-corrected chi connectivity index (χ4v) is 2.15. The van der Waals surface area contributed by atoms with Crippen molar-refractivity contribution in [2.45, 2.75) is 60.5 Å². The molecule has 0 bridgehead atoms. The van der Waals surface area contributed by atoms with E-state index in [1.54, 1.807) is 17.7 Å². The van der Waals surface area contributed by atoms with Crippen molar-refractivity contribution in [3.63, 3.8) is 0 Å². The van der Waals surface area contributed by atoms with Gasteiger partial charge in [0.05, 0.1) is 7.11 Å². The number of pyridine rings is 1. The van der Waals surface area contributed by atoms with Gasteiger partial charge in [0.1, 0.15) is 5.76 Å². The minimum absolute atomic E-state index is 0.0746. The van der Waals surface area contributed by atoms with Gasteiger partial charge in [0, 0.05) is 36.2 Å². The Morgan fingerprint density at radius 3 is 2.08 bits per heavy atom. The first-order valence-electron chi connectivity index (χ1n) is 8.86. The van der Waals surface area contributed by atoms with Gasteiger partial charge in [-0.05, 0) is 52.3 Å². The summed E-state index contributed by atoms with van der Waals surface area (Å²) in [6.45, 7) is 18.1. The third kappa shape index (κ3) is 7.46. The molecule has 1 aliphatic rings. The zero-order valence-electron chi connectivity index (χ0n) is 17.0. The van der Waals surface area contributed by atoms with Crippen molar-refractivity contribution in [3.8, 4) is 0 Å². The van der Waals surface area contributed by atoms with Crippen LogP contribution in [0.1, 0.15) is 53.1 Å². The molecule has 0 amide bonds. The predicted octanol–water partition coefficient (Wildman–Crippen LogP) is 5.03. The van der Waals surface area contributed by atoms with E-state index in [0.717, 1.165) is 17.0 Å². The van der Waals surface area contributed by atoms with Crippen LogP contribution >= 0.6 is 0 Å². The summed E-state index contributed by atoms with van der Waals surface area (Å²) in [6, 6.07) is 4.12. The summed E-state index contributed by atoms with van der Waals surface area (Å²) < 4.78 is 6.84. The highest BCUT2D eigenvalue weighted by Crippen LogP contribution is 2.18. The van der Waals surface area contributed by atoms with E-state index in [9.17, 15) is 4.79 Å². The monoisotopic (exact) mass is 346 g/mol. The van der Waals surface area contributed by atoms with Gasteiger partial charge in [-0.2, -0.15) is 0 Å². The fraction of sp³-hybridized carbons (Fsp3) is 0.476. The Bertz CT molecular complexity index is 652. The van der Waals surface area contributed by atoms with Crippen LogP contribution in [0.5, 0.6) is 0 Å². The van der Waals surface area contributed by atoms with Gasteiger partial charge in [-0.1, -0.05) is 26.5 Å². The van der Waals surface area contributed by atoms with Crippen LogP contribution in [-0.4, -0.2) is 22.6 Å². The second-order valence-electron chi connectivity index (χ2n) is 6.11. The lowest BCUT2D eigenvalue weighted by atomic mass is 10.2. The number of methoxy groups -OCH3 is 1. The number of nitrogens with zero attached hydrogens (tertiary/aromatic N) is 2. The Hall–Kier alpha value is -2.23. The van der Waals surface area contributed by atoms with Crippen molar-refractivity contribution >= 4 is 0 Å². The van der Waals surface area contributed by atoms with Gasteiger partial charge < -0.3 is 14.2 Å². The number of aryl methyl sites for hydroxylation is 1. The summed E-state index contributed by atoms with van der Waals surface area (Å²) >= 11 is 0. The molecular weight excluding hydrogens is 312 g/mol. The Labute approximate surface area is 153 Å². The molecule has 0 unspecified atom stereocenters. The van der Waals surface area contributed by atoms with Crippen molar-refractivity contribution < 1.29 is 4.74 Å². The third-order valence-corrected chi connectivity index (χ3v) is 3.47. The highest BCUT2D eigenvalue weighted by Gasteiger charge is 2.11. The van der Waals surface area contributed by atoms with E-state index < -0.39 is 0 Å². The molecule has 0 atom stereocenters. The van der Waals surface area contributed by atoms with E-state index in [-0.39, 0.29) is 11.6 Å². The first-order chi connectivity index (χ1) is 11.8. The molecule has 4 nitrogen and oxygen atoms in total. The molecule has 0 N–H and O–H groups in total. The molecule has 0 aromatic carbocycles. The van der Waals surface area contributed by atoms with Crippen molar-refractivity contribution in [1.29, 1.82) is 0 Å². The van der Waals surface area contributed by atoms with Crippen LogP contribution in [0.25, 0.3) is 0 Å². The van der Waals surface area contributed by atoms with E-state index in [1.165, 1.54) is 0 Å². The van der Waals surface area contributed by atoms with Crippen LogP contribution in [-0.2, 0) is 4.74 Å². The molecule has 1 aromatic heterocycles. The van der Waals surface area contributed by atoms with E-state index in [0.29, 0.717) is 6.04 Å². The SMILES string of the molecule is C=C1C=CC(OC)=CN1C(C)C.CC.Cc1ccc(=O)n(C(C)C)c1. The van der Waals surface area contributed by atoms with Crippen LogP contribution in [0.2, 0.25) is 0 Å². The normalized spacial score (nSPS) is 13.0. The van der Waals surface area contributed by atoms with Gasteiger partial charge in [-0.3, -0.25) is 4.79 Å². The molecule has 0 radical (unpaired) electrons. The minimum Gasteiger partial charge on any atom is -0.495 e. The number of aromatic nitrogens is 1. The van der Waals surface area contributed by atoms with Crippen LogP contribution in [0.3, 0.4) is 0 Å². The molecule has 25 heavy (non-hydrogen) atoms. The van der Waals surface area contributed by atoms with Gasteiger partial charge in [0.15, 0.2) is 0 Å². The fourth-order valence-electron chi connectivity index (χ4n) is 2.15. The lowest BCUT2D eigenvalue weighted by Crippen LogP contribution is -2.25. The molecule has 140 valence electrons. The Kier molecular flexibility index (Phi) is 10.3. The van der Waals surface area contributed by atoms with Gasteiger partial charge in [-0.15, -0.1) is 0 Å². The first kappa shape index (κ1) is 22.8. The van der Waals surface area contributed by atoms with E-state index in [1.807, 2.05) is 65.2 Å². The van der Waals surface area contributed by atoms with E-state index in [2.05, 4.69) is 25.3 Å². The summed E-state index contributed by atoms with van der Waals surface area (Å²) in [4.78, 5) is 13.3. The minimum atomic E-state index is 0.0746. The number of hydrogen-bond acceptors (Lipinski definition) is 3. The Balaban J connectivity index is 0.000000421. The zero-order chi connectivity index (χ0) is 19.6. The van der Waals surface area contributed by atoms with Crippen LogP contribution in [0, 0.1) is 6.92 Å². The third-order valence-electron chi connectivity index (χ3n) is 3.47. The molecule has 0 saturated carbocycles. The molecule has 0 fully saturated rings. The molecular formula is C21H34N2O2. The molecule has 0 spiro atoms. The molecule has 0 aliphatic carbocycles. The molecule has 1 aromatic rings. The van der Waals surface area contributed by atoms with Crippen LogP contribution < -0.4 is 5.56 Å². The van der Waals surface area contributed by atoms with Gasteiger partial charge >= 0.3 is 0 Å². The van der Waals surface area contributed by atoms with Crippen LogP contribution in [0.15, 0.2) is 59.5 Å². The quantitative estimate of drug-likeness (QED) is 0.769. The Morgan fingerprint density at radius 2 is 1.64 bits per heavy atom. The maximum Gasteiger partial charge on any atom is 0.250 e. The van der Waals surface area contributed by atoms with Gasteiger partial charge in [0.25, 0.3) is 5.56 Å². The smallest absolute Gasteiger partial charge is 0.250 e. The average molecular weight is 347 g/mol. The topological polar surface area (TPSA) is 34.5 Å². The number of hydrogen-bond donors (Lipinski definition) is 0. The standard InChI is InChI=1S/C10H15NO.C9H13NO.C2H6/c1-8(2)11-7-10(12-4)6-5-9(11)3;1-7(2)10-6-8(3)4-5-9(10)11;1-2/h5-8H,3H2,1-2,4H3;4-7H,1-3H3;1-2H3. The zero-order valence-corrected chi connectivity index (χ0v) is 17.0. The molecule has 2 heterocycles. The summed E-state index contributed by atoms with van der Waals surface area (Å²) in [5, 5.41) is 0. The first-order valence-corrected chi connectivity index (χ1v) is 8.86. The van der Waals surface area contributed by atoms with Gasteiger partial charge in [-0.25, -0.2) is 0 Å². The van der Waals surface area contributed by atoms with Crippen molar-refractivity contribution in [2.75, 3.05) is 7.11 Å². The summed E-state index contributed by atoms with van der Waals surface area (Å²) in [7, 11) is 1.67. The van der Waals surface area contributed by atoms with Crippen molar-refractivity contribution in [2.24, 2.45) is 0 Å². The maximum atomic E-state index is 11.2. The molecule has 0 saturated heterocycles.